The van der Waals surface area contributed by atoms with E-state index in [1.54, 1.807) is 31.4 Å². The van der Waals surface area contributed by atoms with Crippen LogP contribution in [-0.4, -0.2) is 66.9 Å². The molecule has 2 heterocycles. The second-order valence-corrected chi connectivity index (χ2v) is 7.56. The minimum Gasteiger partial charge on any atom is -0.497 e. The van der Waals surface area contributed by atoms with Crippen LogP contribution in [0.25, 0.3) is 0 Å². The highest BCUT2D eigenvalue weighted by Gasteiger charge is 2.43. The van der Waals surface area contributed by atoms with Crippen LogP contribution in [0.1, 0.15) is 12.0 Å². The Morgan fingerprint density at radius 1 is 0.967 bits per heavy atom. The zero-order valence-corrected chi connectivity index (χ0v) is 17.0. The van der Waals surface area contributed by atoms with E-state index in [4.69, 9.17) is 4.74 Å². The molecule has 7 heteroatoms. The summed E-state index contributed by atoms with van der Waals surface area (Å²) in [6.07, 6.45) is 0.551. The van der Waals surface area contributed by atoms with E-state index in [1.165, 1.54) is 4.90 Å². The molecule has 0 N–H and O–H groups in total. The highest BCUT2D eigenvalue weighted by atomic mass is 16.5. The molecule has 2 fully saturated rings. The summed E-state index contributed by atoms with van der Waals surface area (Å²) < 4.78 is 5.14. The van der Waals surface area contributed by atoms with Crippen molar-refractivity contribution >= 4 is 23.4 Å². The minimum atomic E-state index is -0.467. The molecule has 156 valence electrons. The van der Waals surface area contributed by atoms with E-state index in [2.05, 4.69) is 0 Å². The van der Waals surface area contributed by atoms with E-state index in [0.29, 0.717) is 44.0 Å². The Balaban J connectivity index is 1.36. The molecule has 1 atom stereocenters. The number of carbonyl (C=O) groups is 3. The van der Waals surface area contributed by atoms with Crippen molar-refractivity contribution in [3.05, 3.63) is 60.2 Å². The number of piperazine rings is 1. The number of imide groups is 1. The maximum Gasteiger partial charge on any atom is 0.251 e. The number of hydrogen-bond acceptors (Lipinski definition) is 5. The number of rotatable bonds is 5. The van der Waals surface area contributed by atoms with Crippen molar-refractivity contribution in [3.63, 3.8) is 0 Å². The van der Waals surface area contributed by atoms with Gasteiger partial charge in [0.1, 0.15) is 5.75 Å². The van der Waals surface area contributed by atoms with Crippen molar-refractivity contribution in [3.8, 4) is 5.75 Å². The van der Waals surface area contributed by atoms with Gasteiger partial charge >= 0.3 is 0 Å². The average molecular weight is 407 g/mol. The standard InChI is InChI=1S/C23H25N3O4/c1-30-19-9-7-18(8-10-19)26-22(28)16-20(23(26)29)24-11-13-25(14-12-24)21(27)15-17-5-3-2-4-6-17/h2-10,20H,11-16H2,1H3. The zero-order chi connectivity index (χ0) is 21.1. The Morgan fingerprint density at radius 3 is 2.27 bits per heavy atom. The van der Waals surface area contributed by atoms with Gasteiger partial charge in [0.15, 0.2) is 0 Å². The third-order valence-corrected chi connectivity index (χ3v) is 5.76. The second kappa shape index (κ2) is 8.67. The first-order chi connectivity index (χ1) is 14.6. The van der Waals surface area contributed by atoms with E-state index in [1.807, 2.05) is 40.1 Å². The van der Waals surface area contributed by atoms with Crippen LogP contribution in [0.2, 0.25) is 0 Å². The van der Waals surface area contributed by atoms with Gasteiger partial charge in [0.25, 0.3) is 5.91 Å². The zero-order valence-electron chi connectivity index (χ0n) is 17.0. The van der Waals surface area contributed by atoms with Crippen molar-refractivity contribution in [2.75, 3.05) is 38.2 Å². The third-order valence-electron chi connectivity index (χ3n) is 5.76. The van der Waals surface area contributed by atoms with Crippen molar-refractivity contribution in [1.29, 1.82) is 0 Å². The summed E-state index contributed by atoms with van der Waals surface area (Å²) in [5.74, 6) is 0.368. The lowest BCUT2D eigenvalue weighted by molar-refractivity contribution is -0.133. The third kappa shape index (κ3) is 4.07. The molecule has 2 aromatic carbocycles. The molecule has 30 heavy (non-hydrogen) atoms. The molecule has 0 bridgehead atoms. The summed E-state index contributed by atoms with van der Waals surface area (Å²) in [7, 11) is 1.57. The molecule has 0 radical (unpaired) electrons. The van der Waals surface area contributed by atoms with Gasteiger partial charge in [0.05, 0.1) is 31.7 Å². The molecule has 2 aromatic rings. The van der Waals surface area contributed by atoms with Crippen molar-refractivity contribution < 1.29 is 19.1 Å². The fourth-order valence-electron chi connectivity index (χ4n) is 4.07. The quantitative estimate of drug-likeness (QED) is 0.706. The van der Waals surface area contributed by atoms with Crippen molar-refractivity contribution in [1.82, 2.24) is 9.80 Å². The number of anilines is 1. The molecule has 2 saturated heterocycles. The first-order valence-corrected chi connectivity index (χ1v) is 10.1. The smallest absolute Gasteiger partial charge is 0.251 e. The minimum absolute atomic E-state index is 0.0922. The van der Waals surface area contributed by atoms with Gasteiger partial charge < -0.3 is 9.64 Å². The first-order valence-electron chi connectivity index (χ1n) is 10.1. The van der Waals surface area contributed by atoms with Gasteiger partial charge in [-0.2, -0.15) is 0 Å². The van der Waals surface area contributed by atoms with E-state index < -0.39 is 6.04 Å². The van der Waals surface area contributed by atoms with Crippen LogP contribution in [0, 0.1) is 0 Å². The van der Waals surface area contributed by atoms with Gasteiger partial charge in [-0.1, -0.05) is 30.3 Å². The topological polar surface area (TPSA) is 70.2 Å². The molecule has 0 aliphatic carbocycles. The number of ether oxygens (including phenoxy) is 1. The monoisotopic (exact) mass is 407 g/mol. The lowest BCUT2D eigenvalue weighted by atomic mass is 10.1. The first kappa shape index (κ1) is 20.1. The van der Waals surface area contributed by atoms with Crippen LogP contribution in [0.3, 0.4) is 0 Å². The summed E-state index contributed by atoms with van der Waals surface area (Å²) in [5, 5.41) is 0. The van der Waals surface area contributed by atoms with E-state index in [-0.39, 0.29) is 24.1 Å². The Bertz CT molecular complexity index is 921. The summed E-state index contributed by atoms with van der Waals surface area (Å²) in [4.78, 5) is 43.2. The predicted molar refractivity (Wildman–Crippen MR) is 112 cm³/mol. The van der Waals surface area contributed by atoms with Crippen LogP contribution in [0.15, 0.2) is 54.6 Å². The summed E-state index contributed by atoms with van der Waals surface area (Å²) >= 11 is 0. The second-order valence-electron chi connectivity index (χ2n) is 7.56. The molecule has 7 nitrogen and oxygen atoms in total. The van der Waals surface area contributed by atoms with E-state index in [0.717, 1.165) is 5.56 Å². The normalized spacial score (nSPS) is 20.0. The summed E-state index contributed by atoms with van der Waals surface area (Å²) in [5.41, 5.74) is 1.56. The number of benzene rings is 2. The summed E-state index contributed by atoms with van der Waals surface area (Å²) in [6, 6.07) is 16.1. The Morgan fingerprint density at radius 2 is 1.63 bits per heavy atom. The van der Waals surface area contributed by atoms with Gasteiger partial charge in [-0.15, -0.1) is 0 Å². The van der Waals surface area contributed by atoms with Crippen LogP contribution in [0.4, 0.5) is 5.69 Å². The fraction of sp³-hybridized carbons (Fsp3) is 0.348. The lowest BCUT2D eigenvalue weighted by Crippen LogP contribution is -2.54. The summed E-state index contributed by atoms with van der Waals surface area (Å²) in [6.45, 7) is 2.29. The lowest BCUT2D eigenvalue weighted by Gasteiger charge is -2.37. The molecule has 0 spiro atoms. The molecule has 0 saturated carbocycles. The van der Waals surface area contributed by atoms with Crippen molar-refractivity contribution in [2.24, 2.45) is 0 Å². The van der Waals surface area contributed by atoms with Gasteiger partial charge in [0, 0.05) is 26.2 Å². The van der Waals surface area contributed by atoms with Crippen LogP contribution in [-0.2, 0) is 20.8 Å². The SMILES string of the molecule is COc1ccc(N2C(=O)CC(N3CCN(C(=O)Cc4ccccc4)CC3)C2=O)cc1. The van der Waals surface area contributed by atoms with E-state index in [9.17, 15) is 14.4 Å². The fourth-order valence-corrected chi connectivity index (χ4v) is 4.07. The molecule has 2 aliphatic rings. The molecule has 0 aromatic heterocycles. The van der Waals surface area contributed by atoms with Crippen LogP contribution in [0.5, 0.6) is 5.75 Å². The number of hydrogen-bond donors (Lipinski definition) is 0. The molecule has 2 aliphatic heterocycles. The molecule has 4 rings (SSSR count). The molecular weight excluding hydrogens is 382 g/mol. The number of amides is 3. The number of nitrogens with zero attached hydrogens (tertiary/aromatic N) is 3. The van der Waals surface area contributed by atoms with Crippen LogP contribution >= 0.6 is 0 Å². The Hall–Kier alpha value is -3.19. The highest BCUT2D eigenvalue weighted by Crippen LogP contribution is 2.27. The Labute approximate surface area is 175 Å². The molecule has 3 amide bonds. The average Bonchev–Trinajstić information content (AvgIpc) is 3.08. The number of carbonyl (C=O) groups excluding carboxylic acids is 3. The van der Waals surface area contributed by atoms with Crippen molar-refractivity contribution in [2.45, 2.75) is 18.9 Å². The van der Waals surface area contributed by atoms with Gasteiger partial charge in [0.2, 0.25) is 11.8 Å². The molecule has 1 unspecified atom stereocenters. The predicted octanol–water partition coefficient (Wildman–Crippen LogP) is 1.71. The number of methoxy groups -OCH3 is 1. The van der Waals surface area contributed by atoms with Gasteiger partial charge in [-0.25, -0.2) is 4.90 Å². The van der Waals surface area contributed by atoms with Gasteiger partial charge in [-0.05, 0) is 29.8 Å². The largest absolute Gasteiger partial charge is 0.497 e. The Kier molecular flexibility index (Phi) is 5.81. The van der Waals surface area contributed by atoms with E-state index >= 15 is 0 Å². The van der Waals surface area contributed by atoms with Crippen LogP contribution < -0.4 is 9.64 Å². The molecular formula is C23H25N3O4. The maximum absolute atomic E-state index is 13.0. The highest BCUT2D eigenvalue weighted by molar-refractivity contribution is 6.22. The maximum atomic E-state index is 13.0. The van der Waals surface area contributed by atoms with Gasteiger partial charge in [-0.3, -0.25) is 19.3 Å².